The Balaban J connectivity index is 1.97. The van der Waals surface area contributed by atoms with E-state index in [2.05, 4.69) is 10.6 Å². The lowest BCUT2D eigenvalue weighted by molar-refractivity contribution is -0.123. The van der Waals surface area contributed by atoms with Crippen molar-refractivity contribution in [3.05, 3.63) is 65.7 Å². The van der Waals surface area contributed by atoms with Crippen LogP contribution in [-0.2, 0) is 20.7 Å². The number of rotatable bonds is 6. The molecule has 0 saturated heterocycles. The van der Waals surface area contributed by atoms with Crippen LogP contribution in [0.15, 0.2) is 54.6 Å². The van der Waals surface area contributed by atoms with E-state index in [4.69, 9.17) is 4.74 Å². The lowest BCUT2D eigenvalue weighted by Gasteiger charge is -2.11. The number of benzene rings is 2. The highest BCUT2D eigenvalue weighted by molar-refractivity contribution is 6.02. The maximum atomic E-state index is 12.2. The molecule has 0 bridgehead atoms. The van der Waals surface area contributed by atoms with Gasteiger partial charge in [-0.3, -0.25) is 14.9 Å². The Bertz CT molecular complexity index is 836. The first kappa shape index (κ1) is 19.6. The molecule has 140 valence electrons. The monoisotopic (exact) mass is 369 g/mol. The molecular formula is C19H19N3O5. The van der Waals surface area contributed by atoms with Gasteiger partial charge in [0.1, 0.15) is 0 Å². The van der Waals surface area contributed by atoms with Gasteiger partial charge in [0.15, 0.2) is 6.61 Å². The molecule has 8 nitrogen and oxygen atoms in total. The molecule has 2 aromatic rings. The second kappa shape index (κ2) is 9.71. The van der Waals surface area contributed by atoms with E-state index in [9.17, 15) is 19.2 Å². The van der Waals surface area contributed by atoms with Gasteiger partial charge in [0.2, 0.25) is 5.91 Å². The van der Waals surface area contributed by atoms with Crippen molar-refractivity contribution in [3.8, 4) is 0 Å². The van der Waals surface area contributed by atoms with Gasteiger partial charge in [-0.05, 0) is 17.7 Å². The van der Waals surface area contributed by atoms with Crippen molar-refractivity contribution in [2.75, 3.05) is 19.0 Å². The van der Waals surface area contributed by atoms with Crippen molar-refractivity contribution in [1.82, 2.24) is 10.6 Å². The molecule has 0 spiro atoms. The van der Waals surface area contributed by atoms with Crippen LogP contribution < -0.4 is 16.0 Å². The third kappa shape index (κ3) is 6.28. The number of hydrogen-bond donors (Lipinski definition) is 3. The van der Waals surface area contributed by atoms with Crippen LogP contribution in [0.4, 0.5) is 10.5 Å². The normalized spacial score (nSPS) is 9.81. The van der Waals surface area contributed by atoms with E-state index in [0.29, 0.717) is 0 Å². The number of esters is 1. The van der Waals surface area contributed by atoms with E-state index >= 15 is 0 Å². The van der Waals surface area contributed by atoms with E-state index in [1.807, 2.05) is 35.6 Å². The fraction of sp³-hybridized carbons (Fsp3) is 0.158. The molecule has 4 amide bonds. The zero-order chi connectivity index (χ0) is 19.6. The number of amides is 4. The lowest BCUT2D eigenvalue weighted by Crippen LogP contribution is -2.39. The standard InChI is InChI=1S/C19H19N3O5/c1-20-19(26)22-17(24)12-27-18(25)14-9-5-6-10-15(14)21-16(23)11-13-7-3-2-4-8-13/h2-10H,11-12H2,1H3,(H,21,23)(H2,20,22,24,26). The molecule has 0 fully saturated rings. The lowest BCUT2D eigenvalue weighted by atomic mass is 10.1. The summed E-state index contributed by atoms with van der Waals surface area (Å²) < 4.78 is 4.89. The van der Waals surface area contributed by atoms with Gasteiger partial charge in [-0.1, -0.05) is 42.5 Å². The maximum Gasteiger partial charge on any atom is 0.340 e. The average molecular weight is 369 g/mol. The van der Waals surface area contributed by atoms with E-state index in [1.54, 1.807) is 18.2 Å². The molecule has 0 radical (unpaired) electrons. The molecule has 0 aliphatic heterocycles. The van der Waals surface area contributed by atoms with Crippen LogP contribution in [0.25, 0.3) is 0 Å². The number of imide groups is 1. The molecule has 0 atom stereocenters. The Morgan fingerprint density at radius 2 is 1.56 bits per heavy atom. The van der Waals surface area contributed by atoms with Gasteiger partial charge in [0.25, 0.3) is 5.91 Å². The van der Waals surface area contributed by atoms with Crippen molar-refractivity contribution in [3.63, 3.8) is 0 Å². The summed E-state index contributed by atoms with van der Waals surface area (Å²) in [7, 11) is 1.35. The van der Waals surface area contributed by atoms with Gasteiger partial charge in [-0.25, -0.2) is 9.59 Å². The summed E-state index contributed by atoms with van der Waals surface area (Å²) in [6, 6.07) is 14.8. The second-order valence-corrected chi connectivity index (χ2v) is 5.46. The van der Waals surface area contributed by atoms with Crippen LogP contribution in [0.1, 0.15) is 15.9 Å². The molecule has 8 heteroatoms. The number of urea groups is 1. The molecule has 2 aromatic carbocycles. The van der Waals surface area contributed by atoms with Crippen LogP contribution in [0.5, 0.6) is 0 Å². The minimum atomic E-state index is -0.794. The number of carbonyl (C=O) groups is 4. The molecule has 2 rings (SSSR count). The van der Waals surface area contributed by atoms with Crippen LogP contribution in [-0.4, -0.2) is 37.5 Å². The number of nitrogens with one attached hydrogen (secondary N) is 3. The quantitative estimate of drug-likeness (QED) is 0.668. The van der Waals surface area contributed by atoms with E-state index in [1.165, 1.54) is 13.1 Å². The van der Waals surface area contributed by atoms with E-state index in [-0.39, 0.29) is 23.6 Å². The first-order chi connectivity index (χ1) is 13.0. The predicted molar refractivity (Wildman–Crippen MR) is 98.1 cm³/mol. The Labute approximate surface area is 155 Å². The number of carbonyl (C=O) groups excluding carboxylic acids is 4. The largest absolute Gasteiger partial charge is 0.452 e. The van der Waals surface area contributed by atoms with Crippen molar-refractivity contribution < 1.29 is 23.9 Å². The molecule has 0 unspecified atom stereocenters. The summed E-state index contributed by atoms with van der Waals surface area (Å²) in [5, 5.41) is 6.85. The summed E-state index contributed by atoms with van der Waals surface area (Å²) in [6.07, 6.45) is 0.152. The highest BCUT2D eigenvalue weighted by Gasteiger charge is 2.16. The molecule has 3 N–H and O–H groups in total. The fourth-order valence-electron chi connectivity index (χ4n) is 2.18. The first-order valence-electron chi connectivity index (χ1n) is 8.11. The molecule has 27 heavy (non-hydrogen) atoms. The van der Waals surface area contributed by atoms with Crippen LogP contribution in [0, 0.1) is 0 Å². The fourth-order valence-corrected chi connectivity index (χ4v) is 2.18. The highest BCUT2D eigenvalue weighted by atomic mass is 16.5. The Kier molecular flexibility index (Phi) is 7.07. The minimum Gasteiger partial charge on any atom is -0.452 e. The van der Waals surface area contributed by atoms with Crippen molar-refractivity contribution in [1.29, 1.82) is 0 Å². The molecular weight excluding hydrogens is 350 g/mol. The summed E-state index contributed by atoms with van der Waals surface area (Å²) in [4.78, 5) is 46.9. The summed E-state index contributed by atoms with van der Waals surface area (Å²) in [5.74, 6) is -1.86. The van der Waals surface area contributed by atoms with Gasteiger partial charge in [-0.15, -0.1) is 0 Å². The summed E-state index contributed by atoms with van der Waals surface area (Å²) >= 11 is 0. The number of anilines is 1. The summed E-state index contributed by atoms with van der Waals surface area (Å²) in [5.41, 5.74) is 1.21. The third-order valence-corrected chi connectivity index (χ3v) is 3.44. The van der Waals surface area contributed by atoms with Gasteiger partial charge in [0, 0.05) is 7.05 Å². The predicted octanol–water partition coefficient (Wildman–Crippen LogP) is 1.48. The van der Waals surface area contributed by atoms with Gasteiger partial charge in [-0.2, -0.15) is 0 Å². The van der Waals surface area contributed by atoms with Gasteiger partial charge >= 0.3 is 12.0 Å². The second-order valence-electron chi connectivity index (χ2n) is 5.46. The smallest absolute Gasteiger partial charge is 0.340 e. The zero-order valence-electron chi connectivity index (χ0n) is 14.7. The Hall–Kier alpha value is -3.68. The number of hydrogen-bond acceptors (Lipinski definition) is 5. The first-order valence-corrected chi connectivity index (χ1v) is 8.11. The Morgan fingerprint density at radius 3 is 2.26 bits per heavy atom. The average Bonchev–Trinajstić information content (AvgIpc) is 2.67. The Morgan fingerprint density at radius 1 is 0.889 bits per heavy atom. The van der Waals surface area contributed by atoms with Crippen LogP contribution in [0.3, 0.4) is 0 Å². The molecule has 0 heterocycles. The van der Waals surface area contributed by atoms with Crippen LogP contribution in [0.2, 0.25) is 0 Å². The maximum absolute atomic E-state index is 12.2. The third-order valence-electron chi connectivity index (χ3n) is 3.44. The minimum absolute atomic E-state index is 0.103. The topological polar surface area (TPSA) is 114 Å². The number of ether oxygens (including phenoxy) is 1. The van der Waals surface area contributed by atoms with Crippen LogP contribution >= 0.6 is 0 Å². The number of para-hydroxylation sites is 1. The molecule has 0 aliphatic carbocycles. The van der Waals surface area contributed by atoms with Crippen molar-refractivity contribution in [2.24, 2.45) is 0 Å². The van der Waals surface area contributed by atoms with E-state index in [0.717, 1.165) is 5.56 Å². The van der Waals surface area contributed by atoms with Crippen molar-refractivity contribution >= 4 is 29.5 Å². The van der Waals surface area contributed by atoms with E-state index < -0.39 is 24.5 Å². The van der Waals surface area contributed by atoms with Gasteiger partial charge < -0.3 is 15.4 Å². The van der Waals surface area contributed by atoms with Crippen molar-refractivity contribution in [2.45, 2.75) is 6.42 Å². The molecule has 0 aliphatic rings. The molecule has 0 aromatic heterocycles. The van der Waals surface area contributed by atoms with Gasteiger partial charge in [0.05, 0.1) is 17.7 Å². The summed E-state index contributed by atoms with van der Waals surface area (Å²) in [6.45, 7) is -0.626. The highest BCUT2D eigenvalue weighted by Crippen LogP contribution is 2.16. The zero-order valence-corrected chi connectivity index (χ0v) is 14.7. The molecule has 0 saturated carbocycles. The SMILES string of the molecule is CNC(=O)NC(=O)COC(=O)c1ccccc1NC(=O)Cc1ccccc1.